The van der Waals surface area contributed by atoms with Gasteiger partial charge in [0.2, 0.25) is 0 Å². The molecule has 1 saturated carbocycles. The Balaban J connectivity index is 1.97. The van der Waals surface area contributed by atoms with Crippen LogP contribution in [0.4, 0.5) is 5.82 Å². The molecular formula is C9H15N5. The molecule has 0 aromatic carbocycles. The van der Waals surface area contributed by atoms with E-state index in [1.807, 2.05) is 4.68 Å². The highest BCUT2D eigenvalue weighted by Crippen LogP contribution is 2.41. The molecule has 0 bridgehead atoms. The molecule has 1 unspecified atom stereocenters. The fraction of sp³-hybridized carbons (Fsp3) is 0.778. The van der Waals surface area contributed by atoms with Gasteiger partial charge in [-0.05, 0) is 18.8 Å². The number of nitrogens with two attached hydrogens (primary N) is 1. The van der Waals surface area contributed by atoms with Crippen LogP contribution >= 0.6 is 0 Å². The van der Waals surface area contributed by atoms with Gasteiger partial charge in [-0.15, -0.1) is 5.10 Å². The van der Waals surface area contributed by atoms with Gasteiger partial charge in [-0.25, -0.2) is 4.68 Å². The van der Waals surface area contributed by atoms with Crippen LogP contribution in [0.3, 0.4) is 0 Å². The van der Waals surface area contributed by atoms with E-state index in [1.165, 1.54) is 12.8 Å². The SMILES string of the molecule is CN1CCn2nnc(C(N)C3CC3)c21. The molecule has 1 atom stereocenters. The van der Waals surface area contributed by atoms with Gasteiger partial charge in [-0.2, -0.15) is 0 Å². The first-order chi connectivity index (χ1) is 6.77. The summed E-state index contributed by atoms with van der Waals surface area (Å²) in [6.07, 6.45) is 2.49. The summed E-state index contributed by atoms with van der Waals surface area (Å²) in [5.74, 6) is 1.77. The molecule has 2 heterocycles. The molecule has 1 aliphatic heterocycles. The lowest BCUT2D eigenvalue weighted by atomic mass is 10.1. The standard InChI is InChI=1S/C9H15N5/c1-13-4-5-14-9(13)8(11-12-14)7(10)6-2-3-6/h6-7H,2-5,10H2,1H3. The van der Waals surface area contributed by atoms with Crippen LogP contribution < -0.4 is 10.6 Å². The summed E-state index contributed by atoms with van der Waals surface area (Å²) in [6, 6.07) is 0.0966. The molecule has 2 aliphatic rings. The molecule has 1 aliphatic carbocycles. The summed E-state index contributed by atoms with van der Waals surface area (Å²) in [5, 5.41) is 8.32. The highest BCUT2D eigenvalue weighted by Gasteiger charge is 2.35. The van der Waals surface area contributed by atoms with Gasteiger partial charge in [-0.3, -0.25) is 0 Å². The predicted octanol–water partition coefficient (Wildman–Crippen LogP) is 0.138. The second-order valence-corrected chi connectivity index (χ2v) is 4.31. The summed E-state index contributed by atoms with van der Waals surface area (Å²) in [4.78, 5) is 2.19. The first kappa shape index (κ1) is 8.23. The van der Waals surface area contributed by atoms with Crippen molar-refractivity contribution in [1.29, 1.82) is 0 Å². The molecule has 5 heteroatoms. The molecule has 76 valence electrons. The summed E-state index contributed by atoms with van der Waals surface area (Å²) < 4.78 is 1.96. The summed E-state index contributed by atoms with van der Waals surface area (Å²) in [5.41, 5.74) is 7.13. The minimum atomic E-state index is 0.0966. The maximum Gasteiger partial charge on any atom is 0.152 e. The lowest BCUT2D eigenvalue weighted by molar-refractivity contribution is 0.602. The largest absolute Gasteiger partial charge is 0.356 e. The Morgan fingerprint density at radius 3 is 2.93 bits per heavy atom. The van der Waals surface area contributed by atoms with Crippen LogP contribution in [0.25, 0.3) is 0 Å². The Bertz CT molecular complexity index is 354. The Kier molecular flexibility index (Phi) is 1.58. The topological polar surface area (TPSA) is 60.0 Å². The number of fused-ring (bicyclic) bond motifs is 1. The summed E-state index contributed by atoms with van der Waals surface area (Å²) in [6.45, 7) is 1.96. The second kappa shape index (κ2) is 2.70. The first-order valence-electron chi connectivity index (χ1n) is 5.17. The zero-order valence-electron chi connectivity index (χ0n) is 8.35. The van der Waals surface area contributed by atoms with E-state index in [4.69, 9.17) is 5.73 Å². The van der Waals surface area contributed by atoms with Crippen LogP contribution in [0.1, 0.15) is 24.6 Å². The van der Waals surface area contributed by atoms with E-state index in [1.54, 1.807) is 0 Å². The van der Waals surface area contributed by atoms with E-state index in [0.29, 0.717) is 5.92 Å². The molecule has 0 saturated heterocycles. The Morgan fingerprint density at radius 1 is 1.43 bits per heavy atom. The monoisotopic (exact) mass is 193 g/mol. The molecule has 0 amide bonds. The molecule has 0 spiro atoms. The van der Waals surface area contributed by atoms with Crippen molar-refractivity contribution in [3.8, 4) is 0 Å². The minimum Gasteiger partial charge on any atom is -0.356 e. The third-order valence-corrected chi connectivity index (χ3v) is 3.19. The maximum atomic E-state index is 6.14. The second-order valence-electron chi connectivity index (χ2n) is 4.31. The number of nitrogens with zero attached hydrogens (tertiary/aromatic N) is 4. The average molecular weight is 193 g/mol. The van der Waals surface area contributed by atoms with Crippen molar-refractivity contribution >= 4 is 5.82 Å². The van der Waals surface area contributed by atoms with E-state index >= 15 is 0 Å². The quantitative estimate of drug-likeness (QED) is 0.725. The zero-order chi connectivity index (χ0) is 9.71. The average Bonchev–Trinajstić information content (AvgIpc) is 2.84. The van der Waals surface area contributed by atoms with Gasteiger partial charge in [0.1, 0.15) is 5.69 Å². The third-order valence-electron chi connectivity index (χ3n) is 3.19. The molecule has 0 radical (unpaired) electrons. The van der Waals surface area contributed by atoms with Crippen LogP contribution in [0.15, 0.2) is 0 Å². The Labute approximate surface area is 82.9 Å². The van der Waals surface area contributed by atoms with Crippen molar-refractivity contribution in [2.24, 2.45) is 11.7 Å². The Hall–Kier alpha value is -1.10. The van der Waals surface area contributed by atoms with E-state index in [-0.39, 0.29) is 6.04 Å². The van der Waals surface area contributed by atoms with Crippen molar-refractivity contribution in [2.45, 2.75) is 25.4 Å². The minimum absolute atomic E-state index is 0.0966. The molecule has 1 aromatic rings. The van der Waals surface area contributed by atoms with Crippen molar-refractivity contribution in [3.05, 3.63) is 5.69 Å². The van der Waals surface area contributed by atoms with Gasteiger partial charge >= 0.3 is 0 Å². The predicted molar refractivity (Wildman–Crippen MR) is 52.9 cm³/mol. The number of rotatable bonds is 2. The lowest BCUT2D eigenvalue weighted by Crippen LogP contribution is -2.19. The number of likely N-dealkylation sites (N-methyl/N-ethyl adjacent to an activating group) is 1. The fourth-order valence-corrected chi connectivity index (χ4v) is 2.11. The molecule has 5 nitrogen and oxygen atoms in total. The van der Waals surface area contributed by atoms with Gasteiger partial charge in [-0.1, -0.05) is 5.21 Å². The van der Waals surface area contributed by atoms with E-state index < -0.39 is 0 Å². The fourth-order valence-electron chi connectivity index (χ4n) is 2.11. The molecule has 2 N–H and O–H groups in total. The molecule has 14 heavy (non-hydrogen) atoms. The van der Waals surface area contributed by atoms with Gasteiger partial charge in [0.15, 0.2) is 5.82 Å². The summed E-state index contributed by atoms with van der Waals surface area (Å²) in [7, 11) is 2.07. The molecule has 3 rings (SSSR count). The van der Waals surface area contributed by atoms with E-state index in [2.05, 4.69) is 22.3 Å². The number of hydrogen-bond acceptors (Lipinski definition) is 4. The van der Waals surface area contributed by atoms with Gasteiger partial charge in [0.05, 0.1) is 12.6 Å². The Morgan fingerprint density at radius 2 is 2.21 bits per heavy atom. The van der Waals surface area contributed by atoms with Gasteiger partial charge in [0, 0.05) is 13.6 Å². The molecule has 1 aromatic heterocycles. The lowest BCUT2D eigenvalue weighted by Gasteiger charge is -2.13. The molecular weight excluding hydrogens is 178 g/mol. The number of anilines is 1. The van der Waals surface area contributed by atoms with Crippen molar-refractivity contribution < 1.29 is 0 Å². The highest BCUT2D eigenvalue weighted by atomic mass is 15.5. The highest BCUT2D eigenvalue weighted by molar-refractivity contribution is 5.47. The van der Waals surface area contributed by atoms with Crippen LogP contribution in [0.5, 0.6) is 0 Å². The van der Waals surface area contributed by atoms with Crippen LogP contribution in [0, 0.1) is 5.92 Å². The maximum absolute atomic E-state index is 6.14. The molecule has 1 fully saturated rings. The van der Waals surface area contributed by atoms with Crippen LogP contribution in [-0.4, -0.2) is 28.6 Å². The smallest absolute Gasteiger partial charge is 0.152 e. The van der Waals surface area contributed by atoms with E-state index in [9.17, 15) is 0 Å². The van der Waals surface area contributed by atoms with Crippen LogP contribution in [0.2, 0.25) is 0 Å². The number of aromatic nitrogens is 3. The first-order valence-corrected chi connectivity index (χ1v) is 5.17. The van der Waals surface area contributed by atoms with Crippen molar-refractivity contribution in [3.63, 3.8) is 0 Å². The number of hydrogen-bond donors (Lipinski definition) is 1. The third kappa shape index (κ3) is 1.05. The van der Waals surface area contributed by atoms with Crippen molar-refractivity contribution in [1.82, 2.24) is 15.0 Å². The zero-order valence-corrected chi connectivity index (χ0v) is 8.35. The van der Waals surface area contributed by atoms with E-state index in [0.717, 1.165) is 24.6 Å². The van der Waals surface area contributed by atoms with Gasteiger partial charge < -0.3 is 10.6 Å². The normalized spacial score (nSPS) is 22.6. The van der Waals surface area contributed by atoms with Crippen LogP contribution in [-0.2, 0) is 6.54 Å². The van der Waals surface area contributed by atoms with Crippen molar-refractivity contribution in [2.75, 3.05) is 18.5 Å². The summed E-state index contributed by atoms with van der Waals surface area (Å²) >= 11 is 0. The van der Waals surface area contributed by atoms with Gasteiger partial charge in [0.25, 0.3) is 0 Å².